The van der Waals surface area contributed by atoms with Crippen molar-refractivity contribution in [2.24, 2.45) is 0 Å². The first-order valence-corrected chi connectivity index (χ1v) is 9.93. The Kier molecular flexibility index (Phi) is 5.32. The summed E-state index contributed by atoms with van der Waals surface area (Å²) in [4.78, 5) is 0. The van der Waals surface area contributed by atoms with Gasteiger partial charge in [-0.2, -0.15) is 0 Å². The minimum absolute atomic E-state index is 0.768. The third-order valence-electron chi connectivity index (χ3n) is 2.02. The van der Waals surface area contributed by atoms with Crippen molar-refractivity contribution in [2.45, 2.75) is 25.3 Å². The molecular formula is C10H13Cl3Si. The summed E-state index contributed by atoms with van der Waals surface area (Å²) < 4.78 is 0. The van der Waals surface area contributed by atoms with Gasteiger partial charge >= 0.3 is 6.00 Å². The van der Waals surface area contributed by atoms with E-state index >= 15 is 0 Å². The van der Waals surface area contributed by atoms with Crippen LogP contribution in [0.5, 0.6) is 0 Å². The highest BCUT2D eigenvalue weighted by atomic mass is 35.8. The summed E-state index contributed by atoms with van der Waals surface area (Å²) in [5.41, 5.74) is 1.36. The van der Waals surface area contributed by atoms with Crippen molar-refractivity contribution >= 4 is 39.2 Å². The van der Waals surface area contributed by atoms with Gasteiger partial charge in [-0.15, -0.1) is 33.2 Å². The quantitative estimate of drug-likeness (QED) is 0.413. The Morgan fingerprint density at radius 3 is 2.14 bits per heavy atom. The zero-order chi connectivity index (χ0) is 10.4. The molecule has 0 radical (unpaired) electrons. The van der Waals surface area contributed by atoms with Crippen LogP contribution in [0.1, 0.15) is 18.4 Å². The Morgan fingerprint density at radius 2 is 1.57 bits per heavy atom. The van der Waals surface area contributed by atoms with Crippen LogP contribution in [-0.4, -0.2) is 6.00 Å². The summed E-state index contributed by atoms with van der Waals surface area (Å²) in [6.45, 7) is 0. The Hall–Kier alpha value is 0.307. The van der Waals surface area contributed by atoms with Crippen LogP contribution in [0.2, 0.25) is 6.04 Å². The molecule has 0 aliphatic carbocycles. The molecule has 4 heteroatoms. The van der Waals surface area contributed by atoms with Gasteiger partial charge in [0.1, 0.15) is 0 Å². The molecule has 14 heavy (non-hydrogen) atoms. The van der Waals surface area contributed by atoms with Crippen LogP contribution in [-0.2, 0) is 6.42 Å². The molecule has 1 aromatic rings. The normalized spacial score (nSPS) is 11.6. The predicted octanol–water partition coefficient (Wildman–Crippen LogP) is 4.66. The zero-order valence-corrected chi connectivity index (χ0v) is 11.1. The SMILES string of the molecule is Cl[Si](Cl)(Cl)CCCCc1ccccc1. The Labute approximate surface area is 100 Å². The third kappa shape index (κ3) is 5.92. The summed E-state index contributed by atoms with van der Waals surface area (Å²) in [5, 5.41) is 0. The van der Waals surface area contributed by atoms with Crippen LogP contribution in [0.4, 0.5) is 0 Å². The van der Waals surface area contributed by atoms with Crippen molar-refractivity contribution < 1.29 is 0 Å². The standard InChI is InChI=1S/C10H13Cl3Si/c11-14(12,13)9-5-4-8-10-6-2-1-3-7-10/h1-3,6-7H,4-5,8-9H2. The van der Waals surface area contributed by atoms with E-state index in [9.17, 15) is 0 Å². The predicted molar refractivity (Wildman–Crippen MR) is 67.5 cm³/mol. The van der Waals surface area contributed by atoms with Crippen molar-refractivity contribution in [2.75, 3.05) is 0 Å². The Bertz CT molecular complexity index is 256. The first-order chi connectivity index (χ1) is 6.58. The molecule has 0 bridgehead atoms. The highest BCUT2D eigenvalue weighted by Crippen LogP contribution is 2.27. The number of halogens is 3. The lowest BCUT2D eigenvalue weighted by Gasteiger charge is -2.06. The maximum atomic E-state index is 5.78. The summed E-state index contributed by atoms with van der Waals surface area (Å²) in [7, 11) is 0. The van der Waals surface area contributed by atoms with E-state index < -0.39 is 6.00 Å². The van der Waals surface area contributed by atoms with Crippen LogP contribution in [0.25, 0.3) is 0 Å². The van der Waals surface area contributed by atoms with E-state index in [-0.39, 0.29) is 0 Å². The molecule has 0 aromatic heterocycles. The van der Waals surface area contributed by atoms with Crippen LogP contribution in [0, 0.1) is 0 Å². The number of unbranched alkanes of at least 4 members (excludes halogenated alkanes) is 1. The zero-order valence-electron chi connectivity index (χ0n) is 7.85. The van der Waals surface area contributed by atoms with Gasteiger partial charge in [0.15, 0.2) is 0 Å². The summed E-state index contributed by atoms with van der Waals surface area (Å²) in [6.07, 6.45) is 3.19. The highest BCUT2D eigenvalue weighted by molar-refractivity contribution is 7.64. The number of hydrogen-bond acceptors (Lipinski definition) is 0. The molecule has 0 spiro atoms. The van der Waals surface area contributed by atoms with E-state index in [1.807, 2.05) is 6.07 Å². The second kappa shape index (κ2) is 6.01. The molecule has 0 saturated heterocycles. The molecule has 0 aliphatic heterocycles. The fourth-order valence-corrected chi connectivity index (χ4v) is 3.15. The number of aryl methyl sites for hydroxylation is 1. The smallest absolute Gasteiger partial charge is 0.126 e. The van der Waals surface area contributed by atoms with Crippen LogP contribution in [0.15, 0.2) is 30.3 Å². The van der Waals surface area contributed by atoms with Crippen molar-refractivity contribution in [3.8, 4) is 0 Å². The lowest BCUT2D eigenvalue weighted by atomic mass is 10.1. The van der Waals surface area contributed by atoms with Crippen molar-refractivity contribution in [3.05, 3.63) is 35.9 Å². The van der Waals surface area contributed by atoms with Crippen molar-refractivity contribution in [1.82, 2.24) is 0 Å². The fraction of sp³-hybridized carbons (Fsp3) is 0.400. The number of hydrogen-bond donors (Lipinski definition) is 0. The maximum absolute atomic E-state index is 5.78. The summed E-state index contributed by atoms with van der Waals surface area (Å²) >= 11 is 17.4. The lowest BCUT2D eigenvalue weighted by molar-refractivity contribution is 0.791. The second-order valence-electron chi connectivity index (χ2n) is 3.31. The van der Waals surface area contributed by atoms with Crippen LogP contribution < -0.4 is 0 Å². The van der Waals surface area contributed by atoms with E-state index in [2.05, 4.69) is 24.3 Å². The van der Waals surface area contributed by atoms with E-state index in [4.69, 9.17) is 33.2 Å². The number of rotatable bonds is 5. The molecule has 1 aromatic carbocycles. The molecule has 0 heterocycles. The average Bonchev–Trinajstić information content (AvgIpc) is 2.13. The minimum atomic E-state index is -2.38. The molecule has 0 amide bonds. The summed E-state index contributed by atoms with van der Waals surface area (Å²) in [5.74, 6) is 0. The van der Waals surface area contributed by atoms with Gasteiger partial charge in [-0.25, -0.2) is 0 Å². The van der Waals surface area contributed by atoms with Gasteiger partial charge < -0.3 is 0 Å². The van der Waals surface area contributed by atoms with Crippen LogP contribution in [0.3, 0.4) is 0 Å². The fourth-order valence-electron chi connectivity index (χ4n) is 1.30. The Morgan fingerprint density at radius 1 is 0.929 bits per heavy atom. The molecule has 0 nitrogen and oxygen atoms in total. The van der Waals surface area contributed by atoms with Gasteiger partial charge in [-0.1, -0.05) is 36.8 Å². The Balaban J connectivity index is 2.17. The molecule has 1 rings (SSSR count). The topological polar surface area (TPSA) is 0 Å². The van der Waals surface area contributed by atoms with E-state index in [1.165, 1.54) is 5.56 Å². The number of benzene rings is 1. The molecule has 0 unspecified atom stereocenters. The molecule has 0 saturated carbocycles. The minimum Gasteiger partial charge on any atom is -0.126 e. The lowest BCUT2D eigenvalue weighted by Crippen LogP contribution is -2.07. The largest absolute Gasteiger partial charge is 0.341 e. The highest BCUT2D eigenvalue weighted by Gasteiger charge is 2.23. The van der Waals surface area contributed by atoms with Crippen molar-refractivity contribution in [3.63, 3.8) is 0 Å². The third-order valence-corrected chi connectivity index (χ3v) is 4.64. The van der Waals surface area contributed by atoms with Gasteiger partial charge in [0.05, 0.1) is 0 Å². The van der Waals surface area contributed by atoms with E-state index in [0.29, 0.717) is 0 Å². The van der Waals surface area contributed by atoms with Gasteiger partial charge in [0, 0.05) is 0 Å². The first-order valence-electron chi connectivity index (χ1n) is 4.68. The van der Waals surface area contributed by atoms with E-state index in [1.54, 1.807) is 0 Å². The van der Waals surface area contributed by atoms with E-state index in [0.717, 1.165) is 25.3 Å². The molecule has 0 fully saturated rings. The molecule has 0 atom stereocenters. The van der Waals surface area contributed by atoms with Crippen molar-refractivity contribution in [1.29, 1.82) is 0 Å². The van der Waals surface area contributed by atoms with Crippen LogP contribution >= 0.6 is 33.2 Å². The second-order valence-corrected chi connectivity index (χ2v) is 12.6. The molecule has 0 N–H and O–H groups in total. The molecule has 0 aliphatic rings. The van der Waals surface area contributed by atoms with Gasteiger partial charge in [-0.05, 0) is 24.4 Å². The molecule has 78 valence electrons. The van der Waals surface area contributed by atoms with Gasteiger partial charge in [0.25, 0.3) is 0 Å². The monoisotopic (exact) mass is 266 g/mol. The summed E-state index contributed by atoms with van der Waals surface area (Å²) in [6, 6.07) is 8.79. The molecular weight excluding hydrogens is 255 g/mol. The van der Waals surface area contributed by atoms with Gasteiger partial charge in [-0.3, -0.25) is 0 Å². The maximum Gasteiger partial charge on any atom is 0.341 e. The average molecular weight is 268 g/mol. The first kappa shape index (κ1) is 12.4. The van der Waals surface area contributed by atoms with Gasteiger partial charge in [0.2, 0.25) is 0 Å².